The fraction of sp³-hybridized carbons (Fsp3) is 0.294. The maximum Gasteiger partial charge on any atom is 0.168 e. The van der Waals surface area contributed by atoms with Crippen LogP contribution in [0.3, 0.4) is 0 Å². The third-order valence-corrected chi connectivity index (χ3v) is 4.27. The minimum atomic E-state index is -0.938. The molecule has 1 aliphatic rings. The fourth-order valence-electron chi connectivity index (χ4n) is 3.02. The number of nitrogens with zero attached hydrogens (tertiary/aromatic N) is 1. The van der Waals surface area contributed by atoms with Crippen LogP contribution in [0.25, 0.3) is 0 Å². The van der Waals surface area contributed by atoms with Crippen molar-refractivity contribution < 1.29 is 14.5 Å². The molecule has 1 saturated carbocycles. The minimum Gasteiger partial charge on any atom is -0.549 e. The lowest BCUT2D eigenvalue weighted by Crippen LogP contribution is -2.38. The number of carbonyl (C=O) groups is 1. The molecule has 1 aromatic carbocycles. The summed E-state index contributed by atoms with van der Waals surface area (Å²) in [4.78, 5) is 11.6. The molecule has 1 aliphatic carbocycles. The third-order valence-electron chi connectivity index (χ3n) is 4.27. The van der Waals surface area contributed by atoms with E-state index in [1.54, 1.807) is 0 Å². The predicted molar refractivity (Wildman–Crippen MR) is 79.7 cm³/mol. The van der Waals surface area contributed by atoms with Gasteiger partial charge in [0.25, 0.3) is 0 Å². The smallest absolute Gasteiger partial charge is 0.168 e. The van der Waals surface area contributed by atoms with E-state index in [-0.39, 0.29) is 18.3 Å². The molecule has 0 N–H and O–H groups in total. The van der Waals surface area contributed by atoms with Crippen LogP contribution in [0.5, 0.6) is 0 Å². The van der Waals surface area contributed by atoms with Crippen molar-refractivity contribution in [3.05, 3.63) is 66.5 Å². The second-order valence-electron chi connectivity index (χ2n) is 5.43. The first kappa shape index (κ1) is 15.5. The lowest BCUT2D eigenvalue weighted by atomic mass is 9.92. The molecule has 1 fully saturated rings. The molecule has 2 unspecified atom stereocenters. The Labute approximate surface area is 130 Å². The molecule has 0 saturated heterocycles. The van der Waals surface area contributed by atoms with E-state index < -0.39 is 11.4 Å². The largest absolute Gasteiger partial charge is 0.549 e. The summed E-state index contributed by atoms with van der Waals surface area (Å²) in [6.07, 6.45) is 5.56. The van der Waals surface area contributed by atoms with E-state index in [0.717, 1.165) is 18.5 Å². The third kappa shape index (κ3) is 2.93. The zero-order valence-corrected chi connectivity index (χ0v) is 12.5. The molecule has 21 heavy (non-hydrogen) atoms. The summed E-state index contributed by atoms with van der Waals surface area (Å²) >= 11 is 0. The molecule has 2 aromatic rings. The maximum absolute atomic E-state index is 11.6. The first-order chi connectivity index (χ1) is 9.73. The van der Waals surface area contributed by atoms with Crippen LogP contribution in [0.15, 0.2) is 60.9 Å². The first-order valence-electron chi connectivity index (χ1n) is 6.94. The minimum absolute atomic E-state index is 0. The van der Waals surface area contributed by atoms with Crippen molar-refractivity contribution in [3.63, 3.8) is 0 Å². The van der Waals surface area contributed by atoms with Crippen molar-refractivity contribution in [1.82, 2.24) is 0 Å². The number of halogens is 1. The van der Waals surface area contributed by atoms with Crippen molar-refractivity contribution in [2.75, 3.05) is 0 Å². The molecular weight excluding hydrogens is 286 g/mol. The lowest BCUT2D eigenvalue weighted by molar-refractivity contribution is -0.697. The Bertz CT molecular complexity index is 603. The molecule has 0 radical (unpaired) electrons. The van der Waals surface area contributed by atoms with Crippen LogP contribution in [-0.2, 0) is 16.8 Å². The van der Waals surface area contributed by atoms with Gasteiger partial charge in [-0.25, -0.2) is 4.57 Å². The Morgan fingerprint density at radius 2 is 1.76 bits per heavy atom. The summed E-state index contributed by atoms with van der Waals surface area (Å²) in [7, 11) is 0. The van der Waals surface area contributed by atoms with E-state index in [1.807, 2.05) is 60.9 Å². The predicted octanol–water partition coefficient (Wildman–Crippen LogP) is 1.49. The van der Waals surface area contributed by atoms with Gasteiger partial charge in [0.2, 0.25) is 0 Å². The first-order valence-corrected chi connectivity index (χ1v) is 6.94. The Morgan fingerprint density at radius 1 is 1.14 bits per heavy atom. The van der Waals surface area contributed by atoms with Crippen molar-refractivity contribution in [1.29, 1.82) is 0 Å². The number of hydrogen-bond acceptors (Lipinski definition) is 2. The molecule has 0 aliphatic heterocycles. The normalized spacial score (nSPS) is 23.1. The van der Waals surface area contributed by atoms with Crippen molar-refractivity contribution in [2.24, 2.45) is 5.92 Å². The van der Waals surface area contributed by atoms with Gasteiger partial charge >= 0.3 is 0 Å². The number of carbonyl (C=O) groups excluding carboxylic acids is 1. The molecule has 1 aromatic heterocycles. The van der Waals surface area contributed by atoms with Crippen LogP contribution >= 0.6 is 12.4 Å². The van der Waals surface area contributed by atoms with Gasteiger partial charge < -0.3 is 9.90 Å². The van der Waals surface area contributed by atoms with E-state index >= 15 is 0 Å². The highest BCUT2D eigenvalue weighted by Crippen LogP contribution is 2.55. The summed E-state index contributed by atoms with van der Waals surface area (Å²) in [5.74, 6) is -0.769. The lowest BCUT2D eigenvalue weighted by Gasteiger charge is -2.19. The maximum atomic E-state index is 11.6. The van der Waals surface area contributed by atoms with E-state index in [1.165, 1.54) is 0 Å². The molecule has 0 amide bonds. The van der Waals surface area contributed by atoms with Crippen molar-refractivity contribution in [3.8, 4) is 0 Å². The van der Waals surface area contributed by atoms with Gasteiger partial charge in [-0.3, -0.25) is 0 Å². The summed E-state index contributed by atoms with van der Waals surface area (Å²) in [6, 6.07) is 15.4. The van der Waals surface area contributed by atoms with Crippen molar-refractivity contribution >= 4 is 18.4 Å². The van der Waals surface area contributed by atoms with Crippen LogP contribution in [0, 0.1) is 5.92 Å². The molecule has 2 atom stereocenters. The van der Waals surface area contributed by atoms with Gasteiger partial charge in [-0.15, -0.1) is 12.4 Å². The SMILES string of the molecule is Cl.O=C([O-])C1(c2ccccc2)CC1CC[n+]1ccccc1. The zero-order valence-electron chi connectivity index (χ0n) is 11.6. The molecule has 110 valence electrons. The number of aryl methyl sites for hydroxylation is 1. The molecule has 3 rings (SSSR count). The second-order valence-corrected chi connectivity index (χ2v) is 5.43. The van der Waals surface area contributed by atoms with Gasteiger partial charge in [0.05, 0.1) is 5.97 Å². The standard InChI is InChI=1S/C17H17NO2.ClH/c19-16(20)17(14-7-3-1-4-8-14)13-15(17)9-12-18-10-5-2-6-11-18;/h1-8,10-11,15H,9,12-13H2;1H. The van der Waals surface area contributed by atoms with E-state index in [2.05, 4.69) is 4.57 Å². The van der Waals surface area contributed by atoms with Gasteiger partial charge in [0, 0.05) is 24.0 Å². The average Bonchev–Trinajstić information content (AvgIpc) is 3.23. The number of carboxylic acid groups (broad SMARTS) is 1. The number of benzene rings is 1. The second kappa shape index (κ2) is 6.27. The van der Waals surface area contributed by atoms with Gasteiger partial charge in [0.15, 0.2) is 12.4 Å². The molecule has 4 heteroatoms. The summed E-state index contributed by atoms with van der Waals surface area (Å²) < 4.78 is 2.09. The number of pyridine rings is 1. The highest BCUT2D eigenvalue weighted by molar-refractivity contribution is 5.85. The van der Waals surface area contributed by atoms with Crippen LogP contribution in [0.1, 0.15) is 18.4 Å². The highest BCUT2D eigenvalue weighted by atomic mass is 35.5. The van der Waals surface area contributed by atoms with E-state index in [9.17, 15) is 9.90 Å². The van der Waals surface area contributed by atoms with Gasteiger partial charge in [-0.1, -0.05) is 36.4 Å². The Morgan fingerprint density at radius 3 is 2.38 bits per heavy atom. The molecular formula is C17H18ClNO2. The van der Waals surface area contributed by atoms with Crippen LogP contribution in [0.2, 0.25) is 0 Å². The molecule has 0 bridgehead atoms. The van der Waals surface area contributed by atoms with E-state index in [0.29, 0.717) is 6.42 Å². The zero-order chi connectivity index (χ0) is 14.0. The number of aliphatic carboxylic acids is 1. The molecule has 3 nitrogen and oxygen atoms in total. The Kier molecular flexibility index (Phi) is 4.63. The van der Waals surface area contributed by atoms with Gasteiger partial charge in [-0.2, -0.15) is 0 Å². The Balaban J connectivity index is 0.00000161. The fourth-order valence-corrected chi connectivity index (χ4v) is 3.02. The summed E-state index contributed by atoms with van der Waals surface area (Å²) in [5.41, 5.74) is 0.111. The van der Waals surface area contributed by atoms with Gasteiger partial charge in [-0.05, 0) is 17.9 Å². The number of hydrogen-bond donors (Lipinski definition) is 0. The molecule has 1 heterocycles. The molecule has 0 spiro atoms. The summed E-state index contributed by atoms with van der Waals surface area (Å²) in [6.45, 7) is 0.841. The number of aromatic nitrogens is 1. The van der Waals surface area contributed by atoms with Gasteiger partial charge in [0.1, 0.15) is 6.54 Å². The number of rotatable bonds is 5. The monoisotopic (exact) mass is 303 g/mol. The summed E-state index contributed by atoms with van der Waals surface area (Å²) in [5, 5.41) is 11.6. The highest BCUT2D eigenvalue weighted by Gasteiger charge is 2.56. The topological polar surface area (TPSA) is 44.0 Å². The van der Waals surface area contributed by atoms with E-state index in [4.69, 9.17) is 0 Å². The number of carboxylic acids is 1. The van der Waals surface area contributed by atoms with Crippen LogP contribution in [-0.4, -0.2) is 5.97 Å². The average molecular weight is 304 g/mol. The van der Waals surface area contributed by atoms with Crippen molar-refractivity contribution in [2.45, 2.75) is 24.8 Å². The van der Waals surface area contributed by atoms with Crippen LogP contribution < -0.4 is 9.67 Å². The Hall–Kier alpha value is -1.87. The quantitative estimate of drug-likeness (QED) is 0.786. The van der Waals surface area contributed by atoms with Crippen LogP contribution in [0.4, 0.5) is 0 Å².